The maximum absolute atomic E-state index is 14.0. The topological polar surface area (TPSA) is 178 Å². The minimum Gasteiger partial charge on any atom is -0.508 e. The summed E-state index contributed by atoms with van der Waals surface area (Å²) in [6, 6.07) is 17.4. The highest BCUT2D eigenvalue weighted by atomic mass is 32.2. The highest BCUT2D eigenvalue weighted by Crippen LogP contribution is 2.55. The quantitative estimate of drug-likeness (QED) is 0.121. The van der Waals surface area contributed by atoms with Gasteiger partial charge in [-0.15, -0.1) is 0 Å². The number of aromatic hydroxyl groups is 1. The van der Waals surface area contributed by atoms with Crippen LogP contribution in [0.5, 0.6) is 5.75 Å². The summed E-state index contributed by atoms with van der Waals surface area (Å²) in [5.74, 6) is -4.24. The minimum absolute atomic E-state index is 0.130. The molecule has 2 N–H and O–H groups in total. The smallest absolute Gasteiger partial charge is 0.338 e. The van der Waals surface area contributed by atoms with Crippen molar-refractivity contribution in [2.75, 3.05) is 16.8 Å². The van der Waals surface area contributed by atoms with E-state index in [1.54, 1.807) is 25.1 Å². The zero-order valence-corrected chi connectivity index (χ0v) is 25.6. The number of thioether (sulfide) groups is 1. The second-order valence-electron chi connectivity index (χ2n) is 10.4. The monoisotopic (exact) mass is 660 g/mol. The molecule has 3 aromatic carbocycles. The molecule has 0 unspecified atom stereocenters. The number of nitro groups is 1. The second-order valence-corrected chi connectivity index (χ2v) is 12.5. The Morgan fingerprint density at radius 3 is 2.35 bits per heavy atom. The Labute approximate surface area is 268 Å². The Balaban J connectivity index is 1.34. The van der Waals surface area contributed by atoms with Crippen molar-refractivity contribution in [3.05, 3.63) is 109 Å². The summed E-state index contributed by atoms with van der Waals surface area (Å²) >= 11 is 1.82. The number of non-ortho nitro benzene ring substituents is 1. The molecule has 1 aromatic heterocycles. The molecule has 13 nitrogen and oxygen atoms in total. The number of carbonyl (C=O) groups is 4. The third-order valence-corrected chi connectivity index (χ3v) is 10.2. The van der Waals surface area contributed by atoms with Crippen LogP contribution in [0.15, 0.2) is 82.6 Å². The van der Waals surface area contributed by atoms with Crippen molar-refractivity contribution < 1.29 is 33.9 Å². The highest BCUT2D eigenvalue weighted by Gasteiger charge is 2.57. The van der Waals surface area contributed by atoms with Gasteiger partial charge in [0.1, 0.15) is 17.5 Å². The first-order chi connectivity index (χ1) is 22.1. The van der Waals surface area contributed by atoms with Gasteiger partial charge in [-0.3, -0.25) is 33.9 Å². The van der Waals surface area contributed by atoms with Gasteiger partial charge < -0.3 is 15.2 Å². The number of esters is 1. The molecule has 3 heterocycles. The lowest BCUT2D eigenvalue weighted by molar-refractivity contribution is -0.384. The predicted octanol–water partition coefficient (Wildman–Crippen LogP) is 4.13. The standard InChI is InChI=1S/C31H24N4O9S2/c1-2-44-30(40)16-7-9-17(10-8-16)32-22(37)15-33-29-26(46-31(33)41)23(20-5-3-4-6-21(20)36)24-25(45-29)28(39)34(27(24)38)18-11-13-19(14-12-18)35(42)43/h3-14,23-25,36H,2,15H2,1H3,(H,32,37)/t23-,24+,25-/m0/s1. The van der Waals surface area contributed by atoms with Crippen molar-refractivity contribution in [3.63, 3.8) is 0 Å². The number of nitro benzene ring substituents is 1. The van der Waals surface area contributed by atoms with E-state index >= 15 is 0 Å². The number of para-hydroxylation sites is 1. The van der Waals surface area contributed by atoms with E-state index in [-0.39, 0.29) is 23.7 Å². The average Bonchev–Trinajstić information content (AvgIpc) is 3.48. The molecule has 0 spiro atoms. The van der Waals surface area contributed by atoms with Gasteiger partial charge in [-0.25, -0.2) is 9.69 Å². The van der Waals surface area contributed by atoms with Crippen molar-refractivity contribution in [1.29, 1.82) is 0 Å². The zero-order chi connectivity index (χ0) is 32.7. The Bertz CT molecular complexity index is 1950. The van der Waals surface area contributed by atoms with Crippen LogP contribution in [0.4, 0.5) is 17.1 Å². The van der Waals surface area contributed by atoms with Gasteiger partial charge in [-0.05, 0) is 49.4 Å². The molecular formula is C31H24N4O9S2. The van der Waals surface area contributed by atoms with Crippen LogP contribution >= 0.6 is 23.1 Å². The Morgan fingerprint density at radius 2 is 1.70 bits per heavy atom. The summed E-state index contributed by atoms with van der Waals surface area (Å²) in [6.45, 7) is 1.50. The molecule has 46 heavy (non-hydrogen) atoms. The lowest BCUT2D eigenvalue weighted by Crippen LogP contribution is -2.33. The summed E-state index contributed by atoms with van der Waals surface area (Å²) in [5, 5.41) is 24.0. The molecule has 234 valence electrons. The number of benzene rings is 3. The van der Waals surface area contributed by atoms with Gasteiger partial charge in [-0.2, -0.15) is 0 Å². The van der Waals surface area contributed by atoms with Gasteiger partial charge in [-0.1, -0.05) is 41.3 Å². The lowest BCUT2D eigenvalue weighted by atomic mass is 9.82. The molecule has 0 radical (unpaired) electrons. The fourth-order valence-corrected chi connectivity index (χ4v) is 8.33. The highest BCUT2D eigenvalue weighted by molar-refractivity contribution is 8.00. The Hall–Kier alpha value is -5.28. The number of rotatable bonds is 8. The number of nitrogens with zero attached hydrogens (tertiary/aromatic N) is 3. The number of imide groups is 1. The number of hydrogen-bond donors (Lipinski definition) is 2. The molecule has 4 aromatic rings. The van der Waals surface area contributed by atoms with Crippen molar-refractivity contribution in [2.45, 2.75) is 29.7 Å². The average molecular weight is 661 g/mol. The van der Waals surface area contributed by atoms with Crippen LogP contribution in [0.25, 0.3) is 0 Å². The van der Waals surface area contributed by atoms with Gasteiger partial charge in [0, 0.05) is 34.2 Å². The number of nitrogens with one attached hydrogen (secondary N) is 1. The van der Waals surface area contributed by atoms with Crippen LogP contribution in [-0.4, -0.2) is 50.1 Å². The number of anilines is 2. The summed E-state index contributed by atoms with van der Waals surface area (Å²) in [5.41, 5.74) is 0.972. The van der Waals surface area contributed by atoms with Crippen LogP contribution < -0.4 is 15.1 Å². The summed E-state index contributed by atoms with van der Waals surface area (Å²) in [6.07, 6.45) is 0. The van der Waals surface area contributed by atoms with Crippen molar-refractivity contribution in [2.24, 2.45) is 5.92 Å². The summed E-state index contributed by atoms with van der Waals surface area (Å²) < 4.78 is 6.21. The van der Waals surface area contributed by atoms with Crippen molar-refractivity contribution >= 4 is 63.9 Å². The molecule has 1 fully saturated rings. The van der Waals surface area contributed by atoms with Gasteiger partial charge in [0.15, 0.2) is 0 Å². The largest absolute Gasteiger partial charge is 0.508 e. The van der Waals surface area contributed by atoms with E-state index in [2.05, 4.69) is 5.32 Å². The van der Waals surface area contributed by atoms with Crippen molar-refractivity contribution in [1.82, 2.24) is 4.57 Å². The first kappa shape index (κ1) is 30.7. The van der Waals surface area contributed by atoms with E-state index in [1.807, 2.05) is 0 Å². The van der Waals surface area contributed by atoms with Gasteiger partial charge in [0.05, 0.1) is 33.7 Å². The fourth-order valence-electron chi connectivity index (χ4n) is 5.57. The number of thiazole rings is 1. The second kappa shape index (κ2) is 12.3. The van der Waals surface area contributed by atoms with E-state index in [4.69, 9.17) is 4.74 Å². The predicted molar refractivity (Wildman–Crippen MR) is 168 cm³/mol. The van der Waals surface area contributed by atoms with Crippen LogP contribution in [0.3, 0.4) is 0 Å². The number of hydrogen-bond acceptors (Lipinski definition) is 11. The third kappa shape index (κ3) is 5.43. The van der Waals surface area contributed by atoms with E-state index in [9.17, 15) is 39.2 Å². The van der Waals surface area contributed by atoms with E-state index in [0.29, 0.717) is 26.7 Å². The molecular weight excluding hydrogens is 636 g/mol. The van der Waals surface area contributed by atoms with Gasteiger partial charge in [0.25, 0.3) is 5.69 Å². The number of phenols is 1. The number of ether oxygens (including phenoxy) is 1. The molecule has 3 atom stereocenters. The fraction of sp³-hybridized carbons (Fsp3) is 0.194. The molecule has 6 rings (SSSR count). The van der Waals surface area contributed by atoms with E-state index in [0.717, 1.165) is 28.0 Å². The van der Waals surface area contributed by atoms with Gasteiger partial charge >= 0.3 is 10.8 Å². The number of aromatic nitrogens is 1. The number of phenolic OH excluding ortho intramolecular Hbond substituents is 1. The maximum Gasteiger partial charge on any atom is 0.338 e. The molecule has 15 heteroatoms. The summed E-state index contributed by atoms with van der Waals surface area (Å²) in [7, 11) is 0. The molecule has 2 aliphatic rings. The molecule has 0 bridgehead atoms. The van der Waals surface area contributed by atoms with Crippen LogP contribution in [0.1, 0.15) is 33.6 Å². The number of carbonyl (C=O) groups excluding carboxylic acids is 4. The van der Waals surface area contributed by atoms with Crippen LogP contribution in [0, 0.1) is 16.0 Å². The molecule has 2 aliphatic heterocycles. The molecule has 3 amide bonds. The normalized spacial score (nSPS) is 18.5. The summed E-state index contributed by atoms with van der Waals surface area (Å²) in [4.78, 5) is 77.6. The van der Waals surface area contributed by atoms with Gasteiger partial charge in [0.2, 0.25) is 17.7 Å². The molecule has 0 aliphatic carbocycles. The Kier molecular flexibility index (Phi) is 8.19. The molecule has 1 saturated heterocycles. The molecule has 0 saturated carbocycles. The SMILES string of the molecule is CCOC(=O)c1ccc(NC(=O)Cn2c3c(sc2=O)[C@@H](c2ccccc2O)[C@H]2C(=O)N(c4ccc([N+](=O)[O-])cc4)C(=O)[C@H]2S3)cc1. The Morgan fingerprint density at radius 1 is 1.00 bits per heavy atom. The first-order valence-corrected chi connectivity index (χ1v) is 15.7. The number of amides is 3. The van der Waals surface area contributed by atoms with Crippen LogP contribution in [-0.2, 0) is 25.7 Å². The maximum atomic E-state index is 14.0. The lowest BCUT2D eigenvalue weighted by Gasteiger charge is -2.31. The van der Waals surface area contributed by atoms with Crippen LogP contribution in [0.2, 0.25) is 0 Å². The van der Waals surface area contributed by atoms with E-state index < -0.39 is 57.1 Å². The minimum atomic E-state index is -1.02. The third-order valence-electron chi connectivity index (χ3n) is 7.62. The first-order valence-electron chi connectivity index (χ1n) is 14.0. The van der Waals surface area contributed by atoms with Crippen molar-refractivity contribution in [3.8, 4) is 5.75 Å². The van der Waals surface area contributed by atoms with E-state index in [1.165, 1.54) is 59.2 Å². The zero-order valence-electron chi connectivity index (χ0n) is 23.9. The number of fused-ring (bicyclic) bond motifs is 2.